The number of rotatable bonds is 7. The molecule has 0 atom stereocenters. The first-order chi connectivity index (χ1) is 14.2. The van der Waals surface area contributed by atoms with Gasteiger partial charge in [0.05, 0.1) is 20.8 Å². The van der Waals surface area contributed by atoms with E-state index in [1.165, 1.54) is 5.56 Å². The summed E-state index contributed by atoms with van der Waals surface area (Å²) in [6.07, 6.45) is 3.47. The SMILES string of the molecule is COc1ccc(CN2CCN(Cc3nc(-c4cccnc4)no3)CC2)cc1OC. The summed E-state index contributed by atoms with van der Waals surface area (Å²) in [6, 6.07) is 9.88. The smallest absolute Gasteiger partial charge is 0.241 e. The third kappa shape index (κ3) is 4.72. The van der Waals surface area contributed by atoms with E-state index in [-0.39, 0.29) is 0 Å². The van der Waals surface area contributed by atoms with Crippen molar-refractivity contribution < 1.29 is 14.0 Å². The lowest BCUT2D eigenvalue weighted by molar-refractivity contribution is 0.112. The lowest BCUT2D eigenvalue weighted by Crippen LogP contribution is -2.45. The second-order valence-electron chi connectivity index (χ2n) is 7.00. The third-order valence-electron chi connectivity index (χ3n) is 5.07. The van der Waals surface area contributed by atoms with Crippen molar-refractivity contribution in [3.05, 3.63) is 54.2 Å². The van der Waals surface area contributed by atoms with Crippen LogP contribution in [0.4, 0.5) is 0 Å². The zero-order valence-electron chi connectivity index (χ0n) is 16.7. The van der Waals surface area contributed by atoms with Crippen molar-refractivity contribution >= 4 is 0 Å². The Hall–Kier alpha value is -2.97. The fourth-order valence-corrected chi connectivity index (χ4v) is 3.47. The Morgan fingerprint density at radius 2 is 1.72 bits per heavy atom. The Kier molecular flexibility index (Phi) is 6.02. The van der Waals surface area contributed by atoms with Crippen molar-refractivity contribution in [2.45, 2.75) is 13.1 Å². The molecule has 0 unspecified atom stereocenters. The van der Waals surface area contributed by atoms with Gasteiger partial charge in [0, 0.05) is 50.7 Å². The molecule has 152 valence electrons. The minimum atomic E-state index is 0.584. The largest absolute Gasteiger partial charge is 0.493 e. The van der Waals surface area contributed by atoms with Crippen molar-refractivity contribution in [3.8, 4) is 22.9 Å². The monoisotopic (exact) mass is 395 g/mol. The van der Waals surface area contributed by atoms with Gasteiger partial charge in [-0.2, -0.15) is 4.98 Å². The molecule has 1 aliphatic heterocycles. The average molecular weight is 395 g/mol. The van der Waals surface area contributed by atoms with E-state index < -0.39 is 0 Å². The molecule has 2 aromatic heterocycles. The lowest BCUT2D eigenvalue weighted by atomic mass is 10.1. The minimum Gasteiger partial charge on any atom is -0.493 e. The van der Waals surface area contributed by atoms with Gasteiger partial charge in [0.15, 0.2) is 11.5 Å². The first kappa shape index (κ1) is 19.4. The quantitative estimate of drug-likeness (QED) is 0.604. The van der Waals surface area contributed by atoms with E-state index in [4.69, 9.17) is 14.0 Å². The Bertz CT molecular complexity index is 923. The number of piperazine rings is 1. The van der Waals surface area contributed by atoms with Crippen molar-refractivity contribution in [2.24, 2.45) is 0 Å². The highest BCUT2D eigenvalue weighted by Gasteiger charge is 2.20. The van der Waals surface area contributed by atoms with E-state index in [0.717, 1.165) is 49.8 Å². The van der Waals surface area contributed by atoms with Crippen molar-refractivity contribution in [3.63, 3.8) is 0 Å². The molecule has 8 nitrogen and oxygen atoms in total. The highest BCUT2D eigenvalue weighted by molar-refractivity contribution is 5.51. The van der Waals surface area contributed by atoms with Crippen LogP contribution in [-0.2, 0) is 13.1 Å². The first-order valence-electron chi connectivity index (χ1n) is 9.64. The second kappa shape index (κ2) is 9.02. The number of nitrogens with zero attached hydrogens (tertiary/aromatic N) is 5. The molecule has 0 N–H and O–H groups in total. The summed E-state index contributed by atoms with van der Waals surface area (Å²) in [4.78, 5) is 13.4. The zero-order valence-corrected chi connectivity index (χ0v) is 16.7. The number of hydrogen-bond acceptors (Lipinski definition) is 8. The summed E-state index contributed by atoms with van der Waals surface area (Å²) < 4.78 is 16.1. The molecule has 0 amide bonds. The van der Waals surface area contributed by atoms with Crippen LogP contribution in [0.1, 0.15) is 11.5 Å². The van der Waals surface area contributed by atoms with E-state index in [1.807, 2.05) is 24.3 Å². The topological polar surface area (TPSA) is 76.8 Å². The Morgan fingerprint density at radius 1 is 0.966 bits per heavy atom. The molecule has 29 heavy (non-hydrogen) atoms. The fraction of sp³-hybridized carbons (Fsp3) is 0.381. The normalized spacial score (nSPS) is 15.4. The summed E-state index contributed by atoms with van der Waals surface area (Å²) in [5.41, 5.74) is 2.08. The van der Waals surface area contributed by atoms with E-state index in [9.17, 15) is 0 Å². The summed E-state index contributed by atoms with van der Waals surface area (Å²) in [7, 11) is 3.32. The van der Waals surface area contributed by atoms with Crippen LogP contribution in [-0.4, -0.2) is 65.3 Å². The van der Waals surface area contributed by atoms with Gasteiger partial charge in [-0.1, -0.05) is 11.2 Å². The minimum absolute atomic E-state index is 0.584. The molecule has 1 aliphatic rings. The van der Waals surface area contributed by atoms with Gasteiger partial charge in [-0.25, -0.2) is 0 Å². The van der Waals surface area contributed by atoms with Crippen molar-refractivity contribution in [1.29, 1.82) is 0 Å². The predicted octanol–water partition coefficient (Wildman–Crippen LogP) is 2.47. The zero-order chi connectivity index (χ0) is 20.1. The Labute approximate surface area is 170 Å². The van der Waals surface area contributed by atoms with Gasteiger partial charge in [-0.15, -0.1) is 0 Å². The summed E-state index contributed by atoms with van der Waals surface area (Å²) >= 11 is 0. The molecule has 0 aliphatic carbocycles. The summed E-state index contributed by atoms with van der Waals surface area (Å²) in [5, 5.41) is 4.07. The van der Waals surface area contributed by atoms with Crippen LogP contribution < -0.4 is 9.47 Å². The number of benzene rings is 1. The van der Waals surface area contributed by atoms with Crippen LogP contribution in [0, 0.1) is 0 Å². The van der Waals surface area contributed by atoms with Gasteiger partial charge in [0.1, 0.15) is 0 Å². The molecule has 8 heteroatoms. The van der Waals surface area contributed by atoms with Crippen molar-refractivity contribution in [2.75, 3.05) is 40.4 Å². The van der Waals surface area contributed by atoms with Gasteiger partial charge in [-0.3, -0.25) is 14.8 Å². The number of pyridine rings is 1. The molecule has 0 bridgehead atoms. The standard InChI is InChI=1S/C21H25N5O3/c1-27-18-6-5-16(12-19(18)28-2)14-25-8-10-26(11-9-25)15-20-23-21(24-29-20)17-4-3-7-22-13-17/h3-7,12-13H,8-11,14-15H2,1-2H3. The molecule has 3 heterocycles. The lowest BCUT2D eigenvalue weighted by Gasteiger charge is -2.34. The number of methoxy groups -OCH3 is 2. The molecule has 3 aromatic rings. The Morgan fingerprint density at radius 3 is 2.41 bits per heavy atom. The highest BCUT2D eigenvalue weighted by Crippen LogP contribution is 2.28. The third-order valence-corrected chi connectivity index (χ3v) is 5.07. The number of hydrogen-bond donors (Lipinski definition) is 0. The maximum absolute atomic E-state index is 5.42. The summed E-state index contributed by atoms with van der Waals surface area (Å²) in [5.74, 6) is 2.74. The van der Waals surface area contributed by atoms with E-state index in [2.05, 4.69) is 31.0 Å². The van der Waals surface area contributed by atoms with Crippen LogP contribution in [0.25, 0.3) is 11.4 Å². The van der Waals surface area contributed by atoms with Gasteiger partial charge in [0.2, 0.25) is 11.7 Å². The Balaban J connectivity index is 1.29. The van der Waals surface area contributed by atoms with Crippen LogP contribution in [0.2, 0.25) is 0 Å². The van der Waals surface area contributed by atoms with E-state index in [1.54, 1.807) is 26.6 Å². The molecule has 0 saturated carbocycles. The maximum Gasteiger partial charge on any atom is 0.241 e. The molecule has 1 saturated heterocycles. The van der Waals surface area contributed by atoms with Gasteiger partial charge in [0.25, 0.3) is 0 Å². The number of ether oxygens (including phenoxy) is 2. The molecule has 0 spiro atoms. The second-order valence-corrected chi connectivity index (χ2v) is 7.00. The molecule has 1 fully saturated rings. The highest BCUT2D eigenvalue weighted by atomic mass is 16.5. The average Bonchev–Trinajstić information content (AvgIpc) is 3.24. The van der Waals surface area contributed by atoms with Crippen LogP contribution >= 0.6 is 0 Å². The van der Waals surface area contributed by atoms with E-state index in [0.29, 0.717) is 18.3 Å². The maximum atomic E-state index is 5.42. The van der Waals surface area contributed by atoms with Crippen LogP contribution in [0.3, 0.4) is 0 Å². The first-order valence-corrected chi connectivity index (χ1v) is 9.64. The van der Waals surface area contributed by atoms with Crippen LogP contribution in [0.15, 0.2) is 47.2 Å². The molecule has 4 rings (SSSR count). The molecule has 1 aromatic carbocycles. The number of aromatic nitrogens is 3. The molecular formula is C21H25N5O3. The predicted molar refractivity (Wildman–Crippen MR) is 108 cm³/mol. The summed E-state index contributed by atoms with van der Waals surface area (Å²) in [6.45, 7) is 5.43. The van der Waals surface area contributed by atoms with Crippen LogP contribution in [0.5, 0.6) is 11.5 Å². The van der Waals surface area contributed by atoms with Gasteiger partial charge < -0.3 is 14.0 Å². The van der Waals surface area contributed by atoms with Gasteiger partial charge >= 0.3 is 0 Å². The van der Waals surface area contributed by atoms with E-state index >= 15 is 0 Å². The fourth-order valence-electron chi connectivity index (χ4n) is 3.47. The van der Waals surface area contributed by atoms with Crippen molar-refractivity contribution in [1.82, 2.24) is 24.9 Å². The molecule has 0 radical (unpaired) electrons. The molecular weight excluding hydrogens is 370 g/mol. The van der Waals surface area contributed by atoms with Gasteiger partial charge in [-0.05, 0) is 29.8 Å².